The molecule has 1 aromatic carbocycles. The lowest BCUT2D eigenvalue weighted by molar-refractivity contribution is -0.545. The minimum absolute atomic E-state index is 0.187. The third kappa shape index (κ3) is 2.66. The molecule has 4 aliphatic heterocycles. The van der Waals surface area contributed by atoms with Crippen molar-refractivity contribution in [3.63, 3.8) is 0 Å². The summed E-state index contributed by atoms with van der Waals surface area (Å²) in [6, 6.07) is 10.3. The van der Waals surface area contributed by atoms with Gasteiger partial charge >= 0.3 is 0 Å². The van der Waals surface area contributed by atoms with Gasteiger partial charge in [-0.3, -0.25) is 4.79 Å². The first-order chi connectivity index (χ1) is 13.0. The van der Waals surface area contributed by atoms with Crippen LogP contribution in [-0.4, -0.2) is 35.0 Å². The van der Waals surface area contributed by atoms with Crippen molar-refractivity contribution in [1.82, 2.24) is 4.90 Å². The molecule has 6 rings (SSSR count). The third-order valence-electron chi connectivity index (χ3n) is 7.40. The van der Waals surface area contributed by atoms with Crippen molar-refractivity contribution in [2.75, 3.05) is 6.54 Å². The van der Waals surface area contributed by atoms with E-state index in [1.165, 1.54) is 5.56 Å². The molecule has 5 fully saturated rings. The SMILES string of the molecule is C[C@@H]1CC[C@H]2CC(=O)N(CCc3ccccc3)C3O[C@@]4(C)CC[C@@H]1[C@]32OO4. The first-order valence-corrected chi connectivity index (χ1v) is 10.4. The second kappa shape index (κ2) is 6.29. The van der Waals surface area contributed by atoms with E-state index in [2.05, 4.69) is 19.1 Å². The van der Waals surface area contributed by atoms with Crippen LogP contribution in [-0.2, 0) is 25.7 Å². The summed E-state index contributed by atoms with van der Waals surface area (Å²) in [4.78, 5) is 27.1. The molecule has 1 aromatic rings. The van der Waals surface area contributed by atoms with Crippen LogP contribution in [0.4, 0.5) is 0 Å². The quantitative estimate of drug-likeness (QED) is 0.761. The summed E-state index contributed by atoms with van der Waals surface area (Å²) in [6.07, 6.45) is 5.03. The molecule has 4 heterocycles. The van der Waals surface area contributed by atoms with Gasteiger partial charge in [-0.25, -0.2) is 9.78 Å². The molecule has 5 nitrogen and oxygen atoms in total. The number of fused-ring (bicyclic) bond motifs is 2. The first-order valence-electron chi connectivity index (χ1n) is 10.4. The van der Waals surface area contributed by atoms with E-state index < -0.39 is 11.4 Å². The van der Waals surface area contributed by atoms with Gasteiger partial charge in [0.1, 0.15) is 0 Å². The minimum Gasteiger partial charge on any atom is -0.321 e. The molecule has 0 radical (unpaired) electrons. The Morgan fingerprint density at radius 3 is 2.78 bits per heavy atom. The van der Waals surface area contributed by atoms with E-state index in [1.54, 1.807) is 0 Å². The van der Waals surface area contributed by atoms with Gasteiger partial charge in [0, 0.05) is 25.3 Å². The number of benzene rings is 1. The Kier molecular flexibility index (Phi) is 4.12. The molecule has 146 valence electrons. The summed E-state index contributed by atoms with van der Waals surface area (Å²) in [5.74, 6) is 0.546. The summed E-state index contributed by atoms with van der Waals surface area (Å²) in [5, 5.41) is 0. The lowest BCUT2D eigenvalue weighted by Crippen LogP contribution is -2.73. The van der Waals surface area contributed by atoms with Gasteiger partial charge < -0.3 is 9.64 Å². The van der Waals surface area contributed by atoms with E-state index >= 15 is 0 Å². The fourth-order valence-corrected chi connectivity index (χ4v) is 5.89. The van der Waals surface area contributed by atoms with Crippen molar-refractivity contribution >= 4 is 5.91 Å². The smallest absolute Gasteiger partial charge is 0.225 e. The highest BCUT2D eigenvalue weighted by molar-refractivity contribution is 5.78. The summed E-state index contributed by atoms with van der Waals surface area (Å²) in [5.41, 5.74) is 0.721. The minimum atomic E-state index is -0.764. The van der Waals surface area contributed by atoms with Crippen molar-refractivity contribution in [2.45, 2.75) is 70.0 Å². The van der Waals surface area contributed by atoms with Crippen LogP contribution in [0.15, 0.2) is 30.3 Å². The molecule has 5 aliphatic rings. The highest BCUT2D eigenvalue weighted by Gasteiger charge is 2.68. The molecule has 2 bridgehead atoms. The predicted octanol–water partition coefficient (Wildman–Crippen LogP) is 3.68. The second-order valence-electron chi connectivity index (χ2n) is 9.05. The highest BCUT2D eigenvalue weighted by atomic mass is 17.3. The standard InChI is InChI=1S/C22H29NO4/c1-15-8-9-17-14-19(24)23(13-11-16-6-4-3-5-7-16)20-22(17)18(15)10-12-21(2,25-20)26-27-22/h3-7,15,17-18,20H,8-14H2,1-2H3/t15-,17+,18+,20?,21-,22+/m1/s1. The van der Waals surface area contributed by atoms with E-state index in [-0.39, 0.29) is 18.1 Å². The Balaban J connectivity index is 1.49. The van der Waals surface area contributed by atoms with Crippen LogP contribution in [0.5, 0.6) is 0 Å². The largest absolute Gasteiger partial charge is 0.321 e. The van der Waals surface area contributed by atoms with Gasteiger partial charge in [-0.1, -0.05) is 37.3 Å². The van der Waals surface area contributed by atoms with Gasteiger partial charge in [0.15, 0.2) is 11.8 Å². The van der Waals surface area contributed by atoms with Gasteiger partial charge in [0.05, 0.1) is 0 Å². The molecule has 1 aliphatic carbocycles. The monoisotopic (exact) mass is 371 g/mol. The number of nitrogens with zero attached hydrogens (tertiary/aromatic N) is 1. The Bertz CT molecular complexity index is 720. The van der Waals surface area contributed by atoms with Crippen LogP contribution < -0.4 is 0 Å². The van der Waals surface area contributed by atoms with Crippen LogP contribution in [0.1, 0.15) is 51.5 Å². The molecular formula is C22H29NO4. The summed E-state index contributed by atoms with van der Waals surface area (Å²) in [7, 11) is 0. The fraction of sp³-hybridized carbons (Fsp3) is 0.682. The number of carbonyl (C=O) groups excluding carboxylic acids is 1. The van der Waals surface area contributed by atoms with Crippen LogP contribution in [0, 0.1) is 17.8 Å². The molecule has 0 aromatic heterocycles. The van der Waals surface area contributed by atoms with Crippen molar-refractivity contribution in [2.24, 2.45) is 17.8 Å². The normalized spacial score (nSPS) is 43.3. The number of hydrogen-bond donors (Lipinski definition) is 0. The van der Waals surface area contributed by atoms with Crippen LogP contribution in [0.3, 0.4) is 0 Å². The van der Waals surface area contributed by atoms with Crippen LogP contribution >= 0.6 is 0 Å². The molecule has 6 atom stereocenters. The molecule has 1 unspecified atom stereocenters. The van der Waals surface area contributed by atoms with Gasteiger partial charge in [-0.15, -0.1) is 0 Å². The van der Waals surface area contributed by atoms with Crippen molar-refractivity contribution in [3.05, 3.63) is 35.9 Å². The zero-order chi connectivity index (χ0) is 18.6. The maximum Gasteiger partial charge on any atom is 0.225 e. The van der Waals surface area contributed by atoms with E-state index in [4.69, 9.17) is 14.5 Å². The van der Waals surface area contributed by atoms with Gasteiger partial charge in [0.2, 0.25) is 11.7 Å². The van der Waals surface area contributed by atoms with Gasteiger partial charge in [0.25, 0.3) is 0 Å². The fourth-order valence-electron chi connectivity index (χ4n) is 5.89. The summed E-state index contributed by atoms with van der Waals surface area (Å²) >= 11 is 0. The Morgan fingerprint density at radius 2 is 1.96 bits per heavy atom. The third-order valence-corrected chi connectivity index (χ3v) is 7.40. The lowest BCUT2D eigenvalue weighted by atomic mass is 9.59. The Morgan fingerprint density at radius 1 is 1.15 bits per heavy atom. The Labute approximate surface area is 160 Å². The second-order valence-corrected chi connectivity index (χ2v) is 9.05. The van der Waals surface area contributed by atoms with Gasteiger partial charge in [-0.2, -0.15) is 0 Å². The maximum absolute atomic E-state index is 13.1. The molecule has 27 heavy (non-hydrogen) atoms. The van der Waals surface area contributed by atoms with Crippen molar-refractivity contribution < 1.29 is 19.3 Å². The zero-order valence-electron chi connectivity index (χ0n) is 16.2. The average molecular weight is 371 g/mol. The van der Waals surface area contributed by atoms with E-state index in [0.29, 0.717) is 24.8 Å². The number of rotatable bonds is 3. The number of ether oxygens (including phenoxy) is 1. The van der Waals surface area contributed by atoms with Gasteiger partial charge in [-0.05, 0) is 50.0 Å². The van der Waals surface area contributed by atoms with Crippen LogP contribution in [0.2, 0.25) is 0 Å². The number of hydrogen-bond acceptors (Lipinski definition) is 4. The molecule has 4 saturated heterocycles. The zero-order valence-corrected chi connectivity index (χ0v) is 16.2. The average Bonchev–Trinajstić information content (AvgIpc) is 2.90. The van der Waals surface area contributed by atoms with Crippen molar-refractivity contribution in [3.8, 4) is 0 Å². The molecule has 5 heteroatoms. The molecule has 1 saturated carbocycles. The number of piperidine rings is 1. The molecule has 0 N–H and O–H groups in total. The topological polar surface area (TPSA) is 48.0 Å². The summed E-state index contributed by atoms with van der Waals surface area (Å²) < 4.78 is 6.51. The number of likely N-dealkylation sites (tertiary alicyclic amines) is 1. The van der Waals surface area contributed by atoms with Crippen LogP contribution in [0.25, 0.3) is 0 Å². The molecular weight excluding hydrogens is 342 g/mol. The lowest BCUT2D eigenvalue weighted by Gasteiger charge is -2.60. The molecule has 1 spiro atoms. The summed E-state index contributed by atoms with van der Waals surface area (Å²) in [6.45, 7) is 4.93. The number of carbonyl (C=O) groups is 1. The Hall–Kier alpha value is -1.43. The van der Waals surface area contributed by atoms with E-state index in [9.17, 15) is 4.79 Å². The molecule has 1 amide bonds. The van der Waals surface area contributed by atoms with Crippen molar-refractivity contribution in [1.29, 1.82) is 0 Å². The maximum atomic E-state index is 13.1. The highest BCUT2D eigenvalue weighted by Crippen LogP contribution is 2.59. The predicted molar refractivity (Wildman–Crippen MR) is 99.3 cm³/mol. The number of amides is 1. The van der Waals surface area contributed by atoms with E-state index in [0.717, 1.165) is 32.1 Å². The van der Waals surface area contributed by atoms with E-state index in [1.807, 2.05) is 30.0 Å². The first kappa shape index (κ1) is 17.7.